The summed E-state index contributed by atoms with van der Waals surface area (Å²) in [4.78, 5) is 15.2. The summed E-state index contributed by atoms with van der Waals surface area (Å²) in [7, 11) is 1.48. The van der Waals surface area contributed by atoms with Gasteiger partial charge < -0.3 is 9.64 Å². The maximum atomic E-state index is 11.6. The van der Waals surface area contributed by atoms with Crippen LogP contribution in [0.4, 0.5) is 0 Å². The number of benzene rings is 1. The highest BCUT2D eigenvalue weighted by Gasteiger charge is 2.25. The van der Waals surface area contributed by atoms with Crippen molar-refractivity contribution in [1.82, 2.24) is 4.90 Å². The van der Waals surface area contributed by atoms with Crippen molar-refractivity contribution in [2.45, 2.75) is 17.7 Å². The molecule has 104 valence electrons. The first-order chi connectivity index (χ1) is 9.29. The Labute approximate surface area is 119 Å². The third-order valence-corrected chi connectivity index (χ3v) is 4.45. The molecule has 0 N–H and O–H groups in total. The largest absolute Gasteiger partial charge is 0.469 e. The molecule has 1 fully saturated rings. The van der Waals surface area contributed by atoms with E-state index >= 15 is 0 Å². The summed E-state index contributed by atoms with van der Waals surface area (Å²) in [6.07, 6.45) is 2.06. The summed E-state index contributed by atoms with van der Waals surface area (Å²) in [6.45, 7) is 2.98. The van der Waals surface area contributed by atoms with Crippen LogP contribution in [0, 0.1) is 5.92 Å². The number of hydrogen-bond donors (Lipinski definition) is 0. The monoisotopic (exact) mass is 279 g/mol. The quantitative estimate of drug-likeness (QED) is 0.612. The van der Waals surface area contributed by atoms with Crippen LogP contribution in [0.5, 0.6) is 0 Å². The lowest BCUT2D eigenvalue weighted by atomic mass is 9.98. The second-order valence-electron chi connectivity index (χ2n) is 4.82. The third kappa shape index (κ3) is 4.55. The first kappa shape index (κ1) is 14.4. The van der Waals surface area contributed by atoms with Gasteiger partial charge in [-0.15, -0.1) is 11.8 Å². The molecule has 19 heavy (non-hydrogen) atoms. The number of ether oxygens (including phenoxy) is 1. The standard InChI is InChI=1S/C15H21NO2S/c1-18-15(17)13-6-5-9-16(12-13)10-11-19-14-7-3-2-4-8-14/h2-4,7-8,13H,5-6,9-12H2,1H3/t13-/m0/s1. The molecule has 0 unspecified atom stereocenters. The lowest BCUT2D eigenvalue weighted by Crippen LogP contribution is -2.40. The minimum Gasteiger partial charge on any atom is -0.469 e. The van der Waals surface area contributed by atoms with Crippen molar-refractivity contribution in [1.29, 1.82) is 0 Å². The van der Waals surface area contributed by atoms with Crippen LogP contribution < -0.4 is 0 Å². The molecule has 0 aromatic heterocycles. The van der Waals surface area contributed by atoms with Gasteiger partial charge in [0.15, 0.2) is 0 Å². The Morgan fingerprint density at radius 3 is 2.95 bits per heavy atom. The van der Waals surface area contributed by atoms with E-state index in [1.807, 2.05) is 17.8 Å². The highest BCUT2D eigenvalue weighted by atomic mass is 32.2. The molecule has 0 radical (unpaired) electrons. The molecule has 1 aliphatic rings. The normalized spacial score (nSPS) is 20.2. The van der Waals surface area contributed by atoms with E-state index in [0.29, 0.717) is 0 Å². The molecule has 0 aliphatic carbocycles. The average Bonchev–Trinajstić information content (AvgIpc) is 2.48. The van der Waals surface area contributed by atoms with Gasteiger partial charge in [0.05, 0.1) is 13.0 Å². The van der Waals surface area contributed by atoms with E-state index < -0.39 is 0 Å². The van der Waals surface area contributed by atoms with Crippen molar-refractivity contribution in [3.63, 3.8) is 0 Å². The molecular weight excluding hydrogens is 258 g/mol. The van der Waals surface area contributed by atoms with Gasteiger partial charge in [-0.05, 0) is 31.5 Å². The number of rotatable bonds is 5. The molecular formula is C15H21NO2S. The molecule has 0 spiro atoms. The Hall–Kier alpha value is -1.00. The first-order valence-electron chi connectivity index (χ1n) is 6.77. The van der Waals surface area contributed by atoms with E-state index in [-0.39, 0.29) is 11.9 Å². The molecule has 0 bridgehead atoms. The van der Waals surface area contributed by atoms with Crippen molar-refractivity contribution in [3.05, 3.63) is 30.3 Å². The number of methoxy groups -OCH3 is 1. The highest BCUT2D eigenvalue weighted by Crippen LogP contribution is 2.20. The topological polar surface area (TPSA) is 29.5 Å². The van der Waals surface area contributed by atoms with Crippen molar-refractivity contribution < 1.29 is 9.53 Å². The number of hydrogen-bond acceptors (Lipinski definition) is 4. The van der Waals surface area contributed by atoms with Crippen molar-refractivity contribution in [2.75, 3.05) is 32.5 Å². The van der Waals surface area contributed by atoms with Crippen LogP contribution in [-0.4, -0.2) is 43.4 Å². The summed E-state index contributed by atoms with van der Waals surface area (Å²) < 4.78 is 4.84. The Bertz CT molecular complexity index is 396. The van der Waals surface area contributed by atoms with Gasteiger partial charge >= 0.3 is 5.97 Å². The highest BCUT2D eigenvalue weighted by molar-refractivity contribution is 7.99. The van der Waals surface area contributed by atoms with E-state index in [2.05, 4.69) is 29.2 Å². The van der Waals surface area contributed by atoms with Gasteiger partial charge in [0.25, 0.3) is 0 Å². The summed E-state index contributed by atoms with van der Waals surface area (Å²) in [6, 6.07) is 10.4. The minimum absolute atomic E-state index is 0.0552. The molecule has 1 aliphatic heterocycles. The lowest BCUT2D eigenvalue weighted by molar-refractivity contribution is -0.147. The van der Waals surface area contributed by atoms with Gasteiger partial charge in [0, 0.05) is 23.7 Å². The molecule has 1 atom stereocenters. The fourth-order valence-corrected chi connectivity index (χ4v) is 3.36. The molecule has 0 saturated carbocycles. The van der Waals surface area contributed by atoms with Gasteiger partial charge in [-0.1, -0.05) is 18.2 Å². The number of thioether (sulfide) groups is 1. The third-order valence-electron chi connectivity index (χ3n) is 3.46. The molecule has 1 aromatic rings. The van der Waals surface area contributed by atoms with Gasteiger partial charge in [-0.25, -0.2) is 0 Å². The Morgan fingerprint density at radius 1 is 1.42 bits per heavy atom. The summed E-state index contributed by atoms with van der Waals surface area (Å²) in [5, 5.41) is 0. The van der Waals surface area contributed by atoms with E-state index in [1.54, 1.807) is 0 Å². The molecule has 0 amide bonds. The number of esters is 1. The SMILES string of the molecule is COC(=O)[C@H]1CCCN(CCSc2ccccc2)C1. The summed E-state index contributed by atoms with van der Waals surface area (Å²) >= 11 is 1.87. The maximum absolute atomic E-state index is 11.6. The van der Waals surface area contributed by atoms with Gasteiger partial charge in [0.1, 0.15) is 0 Å². The van der Waals surface area contributed by atoms with Crippen LogP contribution in [0.25, 0.3) is 0 Å². The smallest absolute Gasteiger partial charge is 0.309 e. The summed E-state index contributed by atoms with van der Waals surface area (Å²) in [5.41, 5.74) is 0. The lowest BCUT2D eigenvalue weighted by Gasteiger charge is -2.31. The van der Waals surface area contributed by atoms with Crippen LogP contribution in [0.2, 0.25) is 0 Å². The zero-order chi connectivity index (χ0) is 13.5. The molecule has 3 nitrogen and oxygen atoms in total. The van der Waals surface area contributed by atoms with Crippen LogP contribution in [0.15, 0.2) is 35.2 Å². The predicted molar refractivity (Wildman–Crippen MR) is 78.3 cm³/mol. The van der Waals surface area contributed by atoms with Crippen molar-refractivity contribution in [3.8, 4) is 0 Å². The van der Waals surface area contributed by atoms with Crippen molar-refractivity contribution >= 4 is 17.7 Å². The van der Waals surface area contributed by atoms with Crippen LogP contribution >= 0.6 is 11.8 Å². The Morgan fingerprint density at radius 2 is 2.21 bits per heavy atom. The zero-order valence-electron chi connectivity index (χ0n) is 11.4. The van der Waals surface area contributed by atoms with Gasteiger partial charge in [-0.2, -0.15) is 0 Å². The molecule has 1 saturated heterocycles. The molecule has 1 heterocycles. The second-order valence-corrected chi connectivity index (χ2v) is 5.99. The maximum Gasteiger partial charge on any atom is 0.309 e. The van der Waals surface area contributed by atoms with E-state index in [1.165, 1.54) is 12.0 Å². The fraction of sp³-hybridized carbons (Fsp3) is 0.533. The average molecular weight is 279 g/mol. The molecule has 1 aromatic carbocycles. The van der Waals surface area contributed by atoms with E-state index in [4.69, 9.17) is 4.74 Å². The van der Waals surface area contributed by atoms with E-state index in [9.17, 15) is 4.79 Å². The predicted octanol–water partition coefficient (Wildman–Crippen LogP) is 2.66. The Balaban J connectivity index is 1.72. The first-order valence-corrected chi connectivity index (χ1v) is 7.76. The minimum atomic E-state index is -0.0552. The van der Waals surface area contributed by atoms with Gasteiger partial charge in [-0.3, -0.25) is 4.79 Å². The number of nitrogens with zero attached hydrogens (tertiary/aromatic N) is 1. The molecule has 4 heteroatoms. The van der Waals surface area contributed by atoms with Crippen LogP contribution in [0.3, 0.4) is 0 Å². The summed E-state index contributed by atoms with van der Waals surface area (Å²) in [5.74, 6) is 1.08. The number of carbonyl (C=O) groups is 1. The number of carbonyl (C=O) groups excluding carboxylic acids is 1. The fourth-order valence-electron chi connectivity index (χ4n) is 2.43. The number of piperidine rings is 1. The zero-order valence-corrected chi connectivity index (χ0v) is 12.2. The Kier molecular flexibility index (Phi) is 5.73. The second kappa shape index (κ2) is 7.56. The van der Waals surface area contributed by atoms with Gasteiger partial charge in [0.2, 0.25) is 0 Å². The van der Waals surface area contributed by atoms with E-state index in [0.717, 1.165) is 38.2 Å². The van der Waals surface area contributed by atoms with Crippen LogP contribution in [-0.2, 0) is 9.53 Å². The number of likely N-dealkylation sites (tertiary alicyclic amines) is 1. The molecule has 2 rings (SSSR count). The van der Waals surface area contributed by atoms with Crippen molar-refractivity contribution in [2.24, 2.45) is 5.92 Å². The van der Waals surface area contributed by atoms with Crippen LogP contribution in [0.1, 0.15) is 12.8 Å².